The molecule has 0 radical (unpaired) electrons. The van der Waals surface area contributed by atoms with Gasteiger partial charge in [0.2, 0.25) is 10.0 Å². The summed E-state index contributed by atoms with van der Waals surface area (Å²) < 4.78 is 31.1. The Morgan fingerprint density at radius 2 is 1.67 bits per heavy atom. The van der Waals surface area contributed by atoms with Gasteiger partial charge in [-0.1, -0.05) is 13.8 Å². The highest BCUT2D eigenvalue weighted by atomic mass is 32.2. The van der Waals surface area contributed by atoms with Crippen LogP contribution in [0, 0.1) is 0 Å². The molecule has 2 rings (SSSR count). The van der Waals surface area contributed by atoms with Crippen LogP contribution in [0.1, 0.15) is 37.0 Å². The molecule has 1 saturated heterocycles. The molecule has 6 nitrogen and oxygen atoms in total. The van der Waals surface area contributed by atoms with Crippen molar-refractivity contribution in [2.75, 3.05) is 38.5 Å². The number of sulfonamides is 1. The van der Waals surface area contributed by atoms with E-state index in [0.717, 1.165) is 12.2 Å². The number of hydrogen-bond acceptors (Lipinski definition) is 4. The highest BCUT2D eigenvalue weighted by molar-refractivity contribution is 7.89. The fourth-order valence-electron chi connectivity index (χ4n) is 2.65. The maximum atomic E-state index is 12.5. The first-order valence-electron chi connectivity index (χ1n) is 8.48. The van der Waals surface area contributed by atoms with Crippen LogP contribution in [0.3, 0.4) is 0 Å². The van der Waals surface area contributed by atoms with Gasteiger partial charge in [-0.15, -0.1) is 0 Å². The first-order valence-corrected chi connectivity index (χ1v) is 10.1. The van der Waals surface area contributed by atoms with Crippen LogP contribution in [-0.2, 0) is 10.0 Å². The number of amides is 1. The summed E-state index contributed by atoms with van der Waals surface area (Å²) in [6.07, 6.45) is 1.54. The third kappa shape index (κ3) is 4.70. The lowest BCUT2D eigenvalue weighted by Crippen LogP contribution is -2.51. The van der Waals surface area contributed by atoms with Crippen LogP contribution in [-0.4, -0.2) is 62.1 Å². The lowest BCUT2D eigenvalue weighted by atomic mass is 10.2. The van der Waals surface area contributed by atoms with E-state index in [1.165, 1.54) is 4.31 Å². The van der Waals surface area contributed by atoms with Gasteiger partial charge < -0.3 is 9.64 Å². The van der Waals surface area contributed by atoms with Crippen LogP contribution >= 0.6 is 0 Å². The molecule has 0 aromatic heterocycles. The van der Waals surface area contributed by atoms with E-state index in [4.69, 9.17) is 4.74 Å². The molecule has 1 amide bonds. The quantitative estimate of drug-likeness (QED) is 0.751. The van der Waals surface area contributed by atoms with Gasteiger partial charge in [0.15, 0.2) is 0 Å². The van der Waals surface area contributed by atoms with Crippen molar-refractivity contribution < 1.29 is 17.9 Å². The smallest absolute Gasteiger partial charge is 0.253 e. The predicted molar refractivity (Wildman–Crippen MR) is 93.8 cm³/mol. The molecule has 1 fully saturated rings. The number of carbonyl (C=O) groups excluding carboxylic acids is 1. The van der Waals surface area contributed by atoms with Gasteiger partial charge in [-0.05, 0) is 37.1 Å². The van der Waals surface area contributed by atoms with E-state index in [2.05, 4.69) is 0 Å². The molecule has 134 valence electrons. The number of rotatable bonds is 7. The Balaban J connectivity index is 1.93. The molecular formula is C17H26N2O4S. The van der Waals surface area contributed by atoms with Gasteiger partial charge in [0.05, 0.1) is 12.4 Å². The molecule has 0 spiro atoms. The van der Waals surface area contributed by atoms with Crippen molar-refractivity contribution in [1.82, 2.24) is 9.21 Å². The van der Waals surface area contributed by atoms with Crippen molar-refractivity contribution in [3.63, 3.8) is 0 Å². The highest BCUT2D eigenvalue weighted by Gasteiger charge is 2.28. The van der Waals surface area contributed by atoms with Gasteiger partial charge in [-0.3, -0.25) is 4.79 Å². The molecule has 1 aromatic carbocycles. The van der Waals surface area contributed by atoms with Crippen LogP contribution in [0.5, 0.6) is 5.75 Å². The average molecular weight is 354 g/mol. The molecule has 0 N–H and O–H groups in total. The van der Waals surface area contributed by atoms with E-state index in [1.54, 1.807) is 29.2 Å². The summed E-state index contributed by atoms with van der Waals surface area (Å²) in [6.45, 7) is 6.13. The van der Waals surface area contributed by atoms with Gasteiger partial charge in [0.25, 0.3) is 5.91 Å². The van der Waals surface area contributed by atoms with Gasteiger partial charge in [-0.2, -0.15) is 4.31 Å². The Bertz CT molecular complexity index is 635. The molecular weight excluding hydrogens is 328 g/mol. The summed E-state index contributed by atoms with van der Waals surface area (Å²) in [5.74, 6) is 0.855. The third-order valence-corrected chi connectivity index (χ3v) is 6.03. The summed E-state index contributed by atoms with van der Waals surface area (Å²) in [4.78, 5) is 14.2. The second-order valence-electron chi connectivity index (χ2n) is 5.88. The Morgan fingerprint density at radius 1 is 1.04 bits per heavy atom. The lowest BCUT2D eigenvalue weighted by molar-refractivity contribution is 0.0698. The second kappa shape index (κ2) is 8.48. The number of ether oxygens (including phenoxy) is 1. The molecule has 7 heteroatoms. The fraction of sp³-hybridized carbons (Fsp3) is 0.588. The standard InChI is InChI=1S/C17H26N2O4S/c1-3-13-23-16-7-5-15(6-8-16)17(20)18-9-11-19(12-10-18)24(21,22)14-4-2/h5-8H,3-4,9-14H2,1-2H3. The topological polar surface area (TPSA) is 66.9 Å². The number of carbonyl (C=O) groups is 1. The van der Waals surface area contributed by atoms with Gasteiger partial charge in [0.1, 0.15) is 5.75 Å². The van der Waals surface area contributed by atoms with E-state index in [1.807, 2.05) is 13.8 Å². The van der Waals surface area contributed by atoms with Gasteiger partial charge in [0, 0.05) is 31.7 Å². The molecule has 0 unspecified atom stereocenters. The Kier molecular flexibility index (Phi) is 6.62. The van der Waals surface area contributed by atoms with Crippen LogP contribution in [0.2, 0.25) is 0 Å². The van der Waals surface area contributed by atoms with E-state index < -0.39 is 10.0 Å². The molecule has 0 aliphatic carbocycles. The number of piperazine rings is 1. The molecule has 0 saturated carbocycles. The van der Waals surface area contributed by atoms with E-state index in [0.29, 0.717) is 44.8 Å². The fourth-order valence-corrected chi connectivity index (χ4v) is 4.15. The molecule has 1 aliphatic heterocycles. The van der Waals surface area contributed by atoms with Crippen molar-refractivity contribution in [2.45, 2.75) is 26.7 Å². The third-order valence-electron chi connectivity index (χ3n) is 3.96. The molecule has 1 aliphatic rings. The minimum atomic E-state index is -3.18. The maximum absolute atomic E-state index is 12.5. The minimum absolute atomic E-state index is 0.0652. The normalized spacial score (nSPS) is 16.2. The van der Waals surface area contributed by atoms with E-state index >= 15 is 0 Å². The van der Waals surface area contributed by atoms with Crippen LogP contribution in [0.4, 0.5) is 0 Å². The summed E-state index contributed by atoms with van der Waals surface area (Å²) in [5.41, 5.74) is 0.601. The van der Waals surface area contributed by atoms with Crippen molar-refractivity contribution >= 4 is 15.9 Å². The maximum Gasteiger partial charge on any atom is 0.253 e. The monoisotopic (exact) mass is 354 g/mol. The number of nitrogens with zero attached hydrogens (tertiary/aromatic N) is 2. The summed E-state index contributed by atoms with van der Waals surface area (Å²) >= 11 is 0. The first kappa shape index (κ1) is 18.7. The largest absolute Gasteiger partial charge is 0.494 e. The molecule has 1 heterocycles. The average Bonchev–Trinajstić information content (AvgIpc) is 2.60. The van der Waals surface area contributed by atoms with Crippen LogP contribution in [0.15, 0.2) is 24.3 Å². The molecule has 1 aromatic rings. The van der Waals surface area contributed by atoms with Crippen LogP contribution in [0.25, 0.3) is 0 Å². The minimum Gasteiger partial charge on any atom is -0.494 e. The van der Waals surface area contributed by atoms with Gasteiger partial charge >= 0.3 is 0 Å². The molecule has 24 heavy (non-hydrogen) atoms. The second-order valence-corrected chi connectivity index (χ2v) is 7.97. The Labute approximate surface area is 144 Å². The number of hydrogen-bond donors (Lipinski definition) is 0. The zero-order valence-electron chi connectivity index (χ0n) is 14.4. The highest BCUT2D eigenvalue weighted by Crippen LogP contribution is 2.16. The summed E-state index contributed by atoms with van der Waals surface area (Å²) in [5, 5.41) is 0. The predicted octanol–water partition coefficient (Wildman–Crippen LogP) is 1.97. The first-order chi connectivity index (χ1) is 11.5. The van der Waals surface area contributed by atoms with Gasteiger partial charge in [-0.25, -0.2) is 8.42 Å². The Morgan fingerprint density at radius 3 is 2.21 bits per heavy atom. The number of benzene rings is 1. The van der Waals surface area contributed by atoms with Crippen molar-refractivity contribution in [3.05, 3.63) is 29.8 Å². The zero-order chi connectivity index (χ0) is 17.6. The molecule has 0 atom stereocenters. The van der Waals surface area contributed by atoms with Crippen molar-refractivity contribution in [2.24, 2.45) is 0 Å². The van der Waals surface area contributed by atoms with E-state index in [-0.39, 0.29) is 11.7 Å². The summed E-state index contributed by atoms with van der Waals surface area (Å²) in [7, 11) is -3.18. The van der Waals surface area contributed by atoms with E-state index in [9.17, 15) is 13.2 Å². The SMILES string of the molecule is CCCOc1ccc(C(=O)N2CCN(S(=O)(=O)CCC)CC2)cc1. The van der Waals surface area contributed by atoms with Crippen LogP contribution < -0.4 is 4.74 Å². The Hall–Kier alpha value is -1.60. The lowest BCUT2D eigenvalue weighted by Gasteiger charge is -2.34. The van der Waals surface area contributed by atoms with Crippen molar-refractivity contribution in [3.8, 4) is 5.75 Å². The summed E-state index contributed by atoms with van der Waals surface area (Å²) in [6, 6.07) is 7.11. The van der Waals surface area contributed by atoms with Crippen molar-refractivity contribution in [1.29, 1.82) is 0 Å². The molecule has 0 bridgehead atoms. The zero-order valence-corrected chi connectivity index (χ0v) is 15.2.